The molecule has 1 aromatic carbocycles. The summed E-state index contributed by atoms with van der Waals surface area (Å²) in [5, 5.41) is 9.36. The highest BCUT2D eigenvalue weighted by Gasteiger charge is 2.03. The molecular weight excluding hydrogens is 176 g/mol. The highest BCUT2D eigenvalue weighted by Crippen LogP contribution is 2.22. The van der Waals surface area contributed by atoms with Gasteiger partial charge in [-0.3, -0.25) is 0 Å². The molecule has 0 saturated heterocycles. The Morgan fingerprint density at radius 2 is 2.07 bits per heavy atom. The van der Waals surface area contributed by atoms with Crippen LogP contribution in [0.5, 0.6) is 11.5 Å². The number of aromatic hydroxyl groups is 1. The minimum Gasteiger partial charge on any atom is -0.508 e. The van der Waals surface area contributed by atoms with Crippen molar-refractivity contribution in [3.05, 3.63) is 23.8 Å². The Labute approximate surface area is 85.5 Å². The van der Waals surface area contributed by atoms with Gasteiger partial charge in [-0.05, 0) is 38.0 Å². The Morgan fingerprint density at radius 3 is 2.64 bits per heavy atom. The van der Waals surface area contributed by atoms with E-state index in [9.17, 15) is 5.11 Å². The van der Waals surface area contributed by atoms with Gasteiger partial charge in [-0.25, -0.2) is 0 Å². The second-order valence-corrected chi connectivity index (χ2v) is 3.72. The van der Waals surface area contributed by atoms with E-state index in [1.165, 1.54) is 0 Å². The predicted molar refractivity (Wildman–Crippen MR) is 57.8 cm³/mol. The van der Waals surface area contributed by atoms with Gasteiger partial charge in [0.25, 0.3) is 0 Å². The van der Waals surface area contributed by atoms with Crippen LogP contribution in [-0.4, -0.2) is 11.2 Å². The smallest absolute Gasteiger partial charge is 0.123 e. The molecule has 78 valence electrons. The molecule has 0 bridgehead atoms. The normalized spacial score (nSPS) is 12.5. The average Bonchev–Trinajstić information content (AvgIpc) is 2.01. The van der Waals surface area contributed by atoms with Crippen LogP contribution in [0.1, 0.15) is 32.3 Å². The van der Waals surface area contributed by atoms with Gasteiger partial charge in [-0.2, -0.15) is 0 Å². The minimum atomic E-state index is 0.209. The van der Waals surface area contributed by atoms with Gasteiger partial charge in [0.05, 0.1) is 6.10 Å². The van der Waals surface area contributed by atoms with Gasteiger partial charge in [-0.1, -0.05) is 13.3 Å². The van der Waals surface area contributed by atoms with Crippen LogP contribution < -0.4 is 4.74 Å². The van der Waals surface area contributed by atoms with Crippen molar-refractivity contribution in [3.8, 4) is 11.5 Å². The number of hydrogen-bond acceptors (Lipinski definition) is 2. The molecule has 0 saturated carbocycles. The molecule has 1 unspecified atom stereocenters. The number of aryl methyl sites for hydroxylation is 1. The molecule has 14 heavy (non-hydrogen) atoms. The van der Waals surface area contributed by atoms with E-state index >= 15 is 0 Å². The maximum atomic E-state index is 9.36. The Morgan fingerprint density at radius 1 is 1.36 bits per heavy atom. The van der Waals surface area contributed by atoms with Crippen molar-refractivity contribution in [3.63, 3.8) is 0 Å². The molecule has 1 aromatic rings. The molecular formula is C12H18O2. The molecule has 0 fully saturated rings. The molecule has 0 spiro atoms. The Hall–Kier alpha value is -1.18. The first-order valence-corrected chi connectivity index (χ1v) is 5.09. The minimum absolute atomic E-state index is 0.209. The second kappa shape index (κ2) is 4.89. The van der Waals surface area contributed by atoms with Gasteiger partial charge < -0.3 is 9.84 Å². The summed E-state index contributed by atoms with van der Waals surface area (Å²) >= 11 is 0. The van der Waals surface area contributed by atoms with Crippen LogP contribution in [0, 0.1) is 6.92 Å². The Bertz CT molecular complexity index is 274. The summed E-state index contributed by atoms with van der Waals surface area (Å²) in [4.78, 5) is 0. The second-order valence-electron chi connectivity index (χ2n) is 3.72. The molecule has 2 heteroatoms. The third-order valence-corrected chi connectivity index (χ3v) is 2.07. The number of ether oxygens (including phenoxy) is 1. The van der Waals surface area contributed by atoms with E-state index in [2.05, 4.69) is 6.92 Å². The third kappa shape index (κ3) is 3.29. The van der Waals surface area contributed by atoms with Crippen LogP contribution >= 0.6 is 0 Å². The van der Waals surface area contributed by atoms with Gasteiger partial charge in [0.2, 0.25) is 0 Å². The fourth-order valence-electron chi connectivity index (χ4n) is 1.49. The zero-order chi connectivity index (χ0) is 10.6. The average molecular weight is 194 g/mol. The zero-order valence-electron chi connectivity index (χ0n) is 9.08. The molecule has 1 atom stereocenters. The number of phenolic OH excluding ortho intramolecular Hbond substituents is 1. The summed E-state index contributed by atoms with van der Waals surface area (Å²) in [5.74, 6) is 1.02. The van der Waals surface area contributed by atoms with E-state index < -0.39 is 0 Å². The molecule has 0 amide bonds. The molecule has 1 rings (SSSR count). The molecule has 0 aliphatic heterocycles. The third-order valence-electron chi connectivity index (χ3n) is 2.07. The van der Waals surface area contributed by atoms with Crippen molar-refractivity contribution >= 4 is 0 Å². The van der Waals surface area contributed by atoms with Crippen molar-refractivity contribution in [1.82, 2.24) is 0 Å². The molecule has 0 radical (unpaired) electrons. The van der Waals surface area contributed by atoms with Crippen LogP contribution in [0.2, 0.25) is 0 Å². The summed E-state index contributed by atoms with van der Waals surface area (Å²) in [7, 11) is 0. The van der Waals surface area contributed by atoms with E-state index in [-0.39, 0.29) is 11.9 Å². The molecule has 1 N–H and O–H groups in total. The van der Waals surface area contributed by atoms with E-state index in [0.717, 1.165) is 24.2 Å². The van der Waals surface area contributed by atoms with Crippen LogP contribution in [-0.2, 0) is 0 Å². The van der Waals surface area contributed by atoms with Gasteiger partial charge in [0, 0.05) is 6.07 Å². The Kier molecular flexibility index (Phi) is 3.81. The van der Waals surface area contributed by atoms with E-state index in [1.807, 2.05) is 19.9 Å². The topological polar surface area (TPSA) is 29.5 Å². The summed E-state index contributed by atoms with van der Waals surface area (Å²) in [6.45, 7) is 6.12. The van der Waals surface area contributed by atoms with E-state index in [1.54, 1.807) is 12.1 Å². The van der Waals surface area contributed by atoms with Crippen LogP contribution in [0.25, 0.3) is 0 Å². The molecule has 0 heterocycles. The highest BCUT2D eigenvalue weighted by atomic mass is 16.5. The molecule has 0 aromatic heterocycles. The molecule has 0 aliphatic rings. The zero-order valence-corrected chi connectivity index (χ0v) is 9.08. The molecule has 0 aliphatic carbocycles. The van der Waals surface area contributed by atoms with Crippen molar-refractivity contribution in [2.24, 2.45) is 0 Å². The van der Waals surface area contributed by atoms with Crippen molar-refractivity contribution in [1.29, 1.82) is 0 Å². The lowest BCUT2D eigenvalue weighted by molar-refractivity contribution is 0.209. The maximum absolute atomic E-state index is 9.36. The fraction of sp³-hybridized carbons (Fsp3) is 0.500. The van der Waals surface area contributed by atoms with E-state index in [4.69, 9.17) is 4.74 Å². The fourth-order valence-corrected chi connectivity index (χ4v) is 1.49. The van der Waals surface area contributed by atoms with E-state index in [0.29, 0.717) is 0 Å². The lowest BCUT2D eigenvalue weighted by atomic mass is 10.2. The summed E-state index contributed by atoms with van der Waals surface area (Å²) in [5.41, 5.74) is 1.02. The van der Waals surface area contributed by atoms with Gasteiger partial charge in [0.15, 0.2) is 0 Å². The van der Waals surface area contributed by atoms with Crippen molar-refractivity contribution in [2.75, 3.05) is 0 Å². The van der Waals surface area contributed by atoms with Crippen LogP contribution in [0.4, 0.5) is 0 Å². The monoisotopic (exact) mass is 194 g/mol. The van der Waals surface area contributed by atoms with Crippen LogP contribution in [0.15, 0.2) is 18.2 Å². The lowest BCUT2D eigenvalue weighted by Crippen LogP contribution is -2.10. The number of benzene rings is 1. The first kappa shape index (κ1) is 10.9. The standard InChI is InChI=1S/C12H18O2/c1-4-5-10(3)14-12-7-9(2)6-11(13)8-12/h6-8,10,13H,4-5H2,1-3H3. The first-order valence-electron chi connectivity index (χ1n) is 5.09. The summed E-state index contributed by atoms with van der Waals surface area (Å²) in [6.07, 6.45) is 2.36. The SMILES string of the molecule is CCCC(C)Oc1cc(C)cc(O)c1. The first-order chi connectivity index (χ1) is 6.61. The molecule has 2 nitrogen and oxygen atoms in total. The number of phenols is 1. The number of hydrogen-bond donors (Lipinski definition) is 1. The quantitative estimate of drug-likeness (QED) is 0.797. The van der Waals surface area contributed by atoms with Gasteiger partial charge in [0.1, 0.15) is 11.5 Å². The van der Waals surface area contributed by atoms with Gasteiger partial charge in [-0.15, -0.1) is 0 Å². The maximum Gasteiger partial charge on any atom is 0.123 e. The summed E-state index contributed by atoms with van der Waals surface area (Å²) in [6, 6.07) is 5.31. The highest BCUT2D eigenvalue weighted by molar-refractivity contribution is 5.36. The van der Waals surface area contributed by atoms with Gasteiger partial charge >= 0.3 is 0 Å². The van der Waals surface area contributed by atoms with Crippen molar-refractivity contribution in [2.45, 2.75) is 39.7 Å². The van der Waals surface area contributed by atoms with Crippen LogP contribution in [0.3, 0.4) is 0 Å². The van der Waals surface area contributed by atoms with Crippen molar-refractivity contribution < 1.29 is 9.84 Å². The predicted octanol–water partition coefficient (Wildman–Crippen LogP) is 3.27. The Balaban J connectivity index is 2.66. The number of rotatable bonds is 4. The largest absolute Gasteiger partial charge is 0.508 e. The lowest BCUT2D eigenvalue weighted by Gasteiger charge is -2.14. The summed E-state index contributed by atoms with van der Waals surface area (Å²) < 4.78 is 5.66.